The van der Waals surface area contributed by atoms with Crippen molar-refractivity contribution in [2.24, 2.45) is 0 Å². The van der Waals surface area contributed by atoms with E-state index in [0.29, 0.717) is 6.42 Å². The van der Waals surface area contributed by atoms with Gasteiger partial charge in [-0.1, -0.05) is 176 Å². The topological polar surface area (TPSA) is 69.6 Å². The molecule has 0 saturated carbocycles. The lowest BCUT2D eigenvalue weighted by molar-refractivity contribution is -0.123. The van der Waals surface area contributed by atoms with Crippen LogP contribution in [0.2, 0.25) is 0 Å². The lowest BCUT2D eigenvalue weighted by atomic mass is 9.96. The number of unbranched alkanes of at least 4 members (excludes halogenated alkanes) is 18. The van der Waals surface area contributed by atoms with Crippen LogP contribution in [0.1, 0.15) is 147 Å². The van der Waals surface area contributed by atoms with Crippen LogP contribution in [0.3, 0.4) is 0 Å². The number of carbonyl (C=O) groups is 1. The summed E-state index contributed by atoms with van der Waals surface area (Å²) in [5, 5.41) is 28.2. The number of hydrogen-bond donors (Lipinski definition) is 3. The predicted octanol–water partition coefficient (Wildman–Crippen LogP) is 11.6. The number of aliphatic hydroxyl groups excluding tert-OH is 2. The van der Waals surface area contributed by atoms with Crippen LogP contribution >= 0.6 is 0 Å². The van der Waals surface area contributed by atoms with E-state index in [4.69, 9.17) is 0 Å². The largest absolute Gasteiger partial charge is 0.394 e. The van der Waals surface area contributed by atoms with Gasteiger partial charge in [0, 0.05) is 6.42 Å². The highest BCUT2D eigenvalue weighted by atomic mass is 16.3. The highest BCUT2D eigenvalue weighted by Gasteiger charge is 2.18. The van der Waals surface area contributed by atoms with Crippen molar-refractivity contribution in [1.82, 2.24) is 5.32 Å². The van der Waals surface area contributed by atoms with Crippen molar-refractivity contribution in [2.75, 3.05) is 6.61 Å². The van der Waals surface area contributed by atoms with E-state index in [1.54, 1.807) is 6.08 Å². The molecule has 0 saturated heterocycles. The molecule has 0 radical (unpaired) electrons. The SMILES string of the molecule is CCCCCCCCCCCCCC=CC(O)C(CO)NC(=O)CCCCCCCCCC=Cc1c2ccccc2cc2ccccc12. The van der Waals surface area contributed by atoms with Crippen molar-refractivity contribution in [1.29, 1.82) is 0 Å². The molecule has 0 aliphatic carbocycles. The average Bonchev–Trinajstić information content (AvgIpc) is 3.10. The van der Waals surface area contributed by atoms with Crippen molar-refractivity contribution in [2.45, 2.75) is 154 Å². The first kappa shape index (κ1) is 39.5. The van der Waals surface area contributed by atoms with Gasteiger partial charge >= 0.3 is 0 Å². The zero-order valence-corrected chi connectivity index (χ0v) is 30.0. The molecule has 3 aromatic rings. The minimum absolute atomic E-state index is 0.0855. The summed E-state index contributed by atoms with van der Waals surface area (Å²) in [6.45, 7) is 2.00. The molecule has 0 spiro atoms. The minimum atomic E-state index is -0.854. The number of rotatable bonds is 27. The zero-order valence-electron chi connectivity index (χ0n) is 30.0. The fourth-order valence-electron chi connectivity index (χ4n) is 6.68. The second-order valence-corrected chi connectivity index (χ2v) is 13.7. The maximum Gasteiger partial charge on any atom is 0.220 e. The smallest absolute Gasteiger partial charge is 0.220 e. The molecule has 3 rings (SSSR count). The van der Waals surface area contributed by atoms with Crippen molar-refractivity contribution in [3.63, 3.8) is 0 Å². The van der Waals surface area contributed by atoms with E-state index in [0.717, 1.165) is 38.5 Å². The summed E-state index contributed by atoms with van der Waals surface area (Å²) >= 11 is 0. The van der Waals surface area contributed by atoms with Crippen LogP contribution in [0.4, 0.5) is 0 Å². The summed E-state index contributed by atoms with van der Waals surface area (Å²) in [4.78, 5) is 12.4. The van der Waals surface area contributed by atoms with E-state index in [2.05, 4.69) is 79.0 Å². The van der Waals surface area contributed by atoms with Crippen LogP contribution in [0, 0.1) is 0 Å². The van der Waals surface area contributed by atoms with Gasteiger partial charge in [0.1, 0.15) is 0 Å². The summed E-state index contributed by atoms with van der Waals surface area (Å²) in [5.74, 6) is -0.0855. The Labute approximate surface area is 292 Å². The Morgan fingerprint density at radius 1 is 0.667 bits per heavy atom. The molecule has 264 valence electrons. The Balaban J connectivity index is 1.18. The zero-order chi connectivity index (χ0) is 34.1. The number of carbonyl (C=O) groups excluding carboxylic acids is 1. The Morgan fingerprint density at radius 2 is 1.15 bits per heavy atom. The third-order valence-corrected chi connectivity index (χ3v) is 9.64. The summed E-state index contributed by atoms with van der Waals surface area (Å²) < 4.78 is 0. The summed E-state index contributed by atoms with van der Waals surface area (Å²) in [5.41, 5.74) is 1.32. The first-order chi connectivity index (χ1) is 23.6. The lowest BCUT2D eigenvalue weighted by Crippen LogP contribution is -2.45. The molecular weight excluding hydrogens is 590 g/mol. The monoisotopic (exact) mass is 655 g/mol. The van der Waals surface area contributed by atoms with Crippen LogP contribution < -0.4 is 5.32 Å². The highest BCUT2D eigenvalue weighted by molar-refractivity contribution is 6.06. The van der Waals surface area contributed by atoms with Gasteiger partial charge in [0.2, 0.25) is 5.91 Å². The van der Waals surface area contributed by atoms with Gasteiger partial charge < -0.3 is 15.5 Å². The van der Waals surface area contributed by atoms with Crippen molar-refractivity contribution in [3.05, 3.63) is 78.4 Å². The van der Waals surface area contributed by atoms with E-state index >= 15 is 0 Å². The van der Waals surface area contributed by atoms with E-state index in [-0.39, 0.29) is 12.5 Å². The first-order valence-electron chi connectivity index (χ1n) is 19.5. The number of hydrogen-bond acceptors (Lipinski definition) is 3. The van der Waals surface area contributed by atoms with Crippen molar-refractivity contribution in [3.8, 4) is 0 Å². The molecule has 0 bridgehead atoms. The third kappa shape index (κ3) is 15.5. The van der Waals surface area contributed by atoms with E-state index < -0.39 is 12.1 Å². The molecule has 4 nitrogen and oxygen atoms in total. The number of amides is 1. The molecule has 0 aromatic heterocycles. The molecule has 0 heterocycles. The van der Waals surface area contributed by atoms with Crippen molar-refractivity contribution < 1.29 is 15.0 Å². The fraction of sp³-hybridized carbons (Fsp3) is 0.568. The Kier molecular flexibility index (Phi) is 20.6. The fourth-order valence-corrected chi connectivity index (χ4v) is 6.68. The molecule has 2 atom stereocenters. The molecule has 0 fully saturated rings. The van der Waals surface area contributed by atoms with Crippen LogP contribution in [0.15, 0.2) is 72.8 Å². The lowest BCUT2D eigenvalue weighted by Gasteiger charge is -2.20. The molecule has 4 heteroatoms. The van der Waals surface area contributed by atoms with Gasteiger partial charge in [0.25, 0.3) is 0 Å². The average molecular weight is 656 g/mol. The standard InChI is InChI=1S/C44H65NO3/c1-2-3-4-5-6-7-8-9-10-13-16-19-22-33-43(47)42(36-46)45-44(48)34-23-20-17-14-11-12-15-18-21-32-41-39-30-26-24-28-37(39)35-38-29-25-27-31-40(38)41/h21-22,24-33,35,42-43,46-47H,2-20,23,34,36H2,1H3,(H,45,48). The second-order valence-electron chi connectivity index (χ2n) is 13.7. The maximum atomic E-state index is 12.4. The van der Waals surface area contributed by atoms with Gasteiger partial charge in [-0.2, -0.15) is 0 Å². The first-order valence-corrected chi connectivity index (χ1v) is 19.5. The van der Waals surface area contributed by atoms with E-state index in [1.165, 1.54) is 117 Å². The Morgan fingerprint density at radius 3 is 1.69 bits per heavy atom. The van der Waals surface area contributed by atoms with Gasteiger partial charge in [-0.25, -0.2) is 0 Å². The van der Waals surface area contributed by atoms with Crippen LogP contribution in [0.25, 0.3) is 27.6 Å². The third-order valence-electron chi connectivity index (χ3n) is 9.64. The quantitative estimate of drug-likeness (QED) is 0.0435. The van der Waals surface area contributed by atoms with Crippen LogP contribution in [-0.2, 0) is 4.79 Å². The summed E-state index contributed by atoms with van der Waals surface area (Å²) in [6.07, 6.45) is 32.4. The summed E-state index contributed by atoms with van der Waals surface area (Å²) in [7, 11) is 0. The number of nitrogens with one attached hydrogen (secondary N) is 1. The minimum Gasteiger partial charge on any atom is -0.394 e. The van der Waals surface area contributed by atoms with Gasteiger partial charge in [-0.15, -0.1) is 0 Å². The number of fused-ring (bicyclic) bond motifs is 2. The second kappa shape index (κ2) is 25.1. The van der Waals surface area contributed by atoms with E-state index in [1.807, 2.05) is 6.08 Å². The molecule has 3 N–H and O–H groups in total. The van der Waals surface area contributed by atoms with Crippen LogP contribution in [-0.4, -0.2) is 34.9 Å². The molecule has 0 aliphatic heterocycles. The highest BCUT2D eigenvalue weighted by Crippen LogP contribution is 2.29. The molecular formula is C44H65NO3. The van der Waals surface area contributed by atoms with E-state index in [9.17, 15) is 15.0 Å². The van der Waals surface area contributed by atoms with Crippen LogP contribution in [0.5, 0.6) is 0 Å². The summed E-state index contributed by atoms with van der Waals surface area (Å²) in [6, 6.07) is 18.9. The van der Waals surface area contributed by atoms with Gasteiger partial charge in [0.05, 0.1) is 18.8 Å². The maximum absolute atomic E-state index is 12.4. The Bertz CT molecular complexity index is 1290. The van der Waals surface area contributed by atoms with Gasteiger partial charge in [-0.05, 0) is 65.3 Å². The molecule has 1 amide bonds. The number of allylic oxidation sites excluding steroid dienone is 2. The van der Waals surface area contributed by atoms with Crippen molar-refractivity contribution >= 4 is 33.5 Å². The number of benzene rings is 3. The molecule has 0 aliphatic rings. The molecule has 3 aromatic carbocycles. The normalized spacial score (nSPS) is 13.2. The Hall–Kier alpha value is -2.95. The molecule has 48 heavy (non-hydrogen) atoms. The predicted molar refractivity (Wildman–Crippen MR) is 207 cm³/mol. The van der Waals surface area contributed by atoms with Gasteiger partial charge in [0.15, 0.2) is 0 Å². The number of aliphatic hydroxyl groups is 2. The molecule has 2 unspecified atom stereocenters. The van der Waals surface area contributed by atoms with Gasteiger partial charge in [-0.3, -0.25) is 4.79 Å².